The lowest BCUT2D eigenvalue weighted by Gasteiger charge is -2.33. The summed E-state index contributed by atoms with van der Waals surface area (Å²) in [5.74, 6) is -17.7. The van der Waals surface area contributed by atoms with E-state index in [9.17, 15) is 34.8 Å². The summed E-state index contributed by atoms with van der Waals surface area (Å²) in [6, 6.07) is 13.2. The number of hydrogen-bond donors (Lipinski definition) is 0. The molecule has 0 heterocycles. The SMILES string of the molecule is CS(=O)(=O)Oc1ccc(C(F)(F)C(F)(F)C(F)(F)c2ccccc2Oc2ccccc2)cc1. The average molecular weight is 490 g/mol. The molecule has 0 fully saturated rings. The first kappa shape index (κ1) is 24.4. The first-order chi connectivity index (χ1) is 15.3. The van der Waals surface area contributed by atoms with Gasteiger partial charge < -0.3 is 8.92 Å². The van der Waals surface area contributed by atoms with Crippen LogP contribution >= 0.6 is 0 Å². The Bertz CT molecular complexity index is 1210. The number of rotatable bonds is 8. The van der Waals surface area contributed by atoms with Crippen LogP contribution < -0.4 is 8.92 Å². The van der Waals surface area contributed by atoms with Crippen molar-refractivity contribution in [2.45, 2.75) is 17.8 Å². The second-order valence-corrected chi connectivity index (χ2v) is 8.52. The summed E-state index contributed by atoms with van der Waals surface area (Å²) >= 11 is 0. The Morgan fingerprint density at radius 1 is 0.667 bits per heavy atom. The number of para-hydroxylation sites is 2. The zero-order chi connectivity index (χ0) is 24.5. The van der Waals surface area contributed by atoms with Gasteiger partial charge in [-0.1, -0.05) is 30.3 Å². The van der Waals surface area contributed by atoms with E-state index in [1.54, 1.807) is 6.07 Å². The average Bonchev–Trinajstić information content (AvgIpc) is 2.74. The second-order valence-electron chi connectivity index (χ2n) is 6.95. The van der Waals surface area contributed by atoms with E-state index in [-0.39, 0.29) is 5.75 Å². The van der Waals surface area contributed by atoms with E-state index in [0.29, 0.717) is 36.6 Å². The molecular formula is C22H16F6O4S. The molecule has 3 rings (SSSR count). The Morgan fingerprint density at radius 2 is 1.21 bits per heavy atom. The number of alkyl halides is 6. The number of benzene rings is 3. The predicted octanol–water partition coefficient (Wildman–Crippen LogP) is 6.34. The lowest BCUT2D eigenvalue weighted by atomic mass is 9.92. The van der Waals surface area contributed by atoms with E-state index in [0.717, 1.165) is 12.1 Å². The molecule has 0 radical (unpaired) electrons. The van der Waals surface area contributed by atoms with Crippen molar-refractivity contribution in [3.8, 4) is 17.2 Å². The molecule has 3 aromatic rings. The summed E-state index contributed by atoms with van der Waals surface area (Å²) in [6.07, 6.45) is 0.680. The molecule has 0 saturated heterocycles. The molecule has 0 atom stereocenters. The van der Waals surface area contributed by atoms with Crippen molar-refractivity contribution in [1.82, 2.24) is 0 Å². The van der Waals surface area contributed by atoms with Crippen molar-refractivity contribution in [2.75, 3.05) is 6.26 Å². The van der Waals surface area contributed by atoms with Gasteiger partial charge in [-0.05, 0) is 48.5 Å². The molecule has 0 aliphatic rings. The molecule has 0 saturated carbocycles. The maximum atomic E-state index is 15.0. The molecular weight excluding hydrogens is 474 g/mol. The number of halogens is 6. The maximum Gasteiger partial charge on any atom is 0.380 e. The van der Waals surface area contributed by atoms with Gasteiger partial charge in [0.25, 0.3) is 0 Å². The minimum absolute atomic E-state index is 0.0392. The zero-order valence-corrected chi connectivity index (χ0v) is 17.6. The molecule has 3 aromatic carbocycles. The van der Waals surface area contributed by atoms with Crippen LogP contribution in [0.4, 0.5) is 26.3 Å². The largest absolute Gasteiger partial charge is 0.457 e. The van der Waals surface area contributed by atoms with Crippen molar-refractivity contribution in [2.24, 2.45) is 0 Å². The summed E-state index contributed by atoms with van der Waals surface area (Å²) < 4.78 is 121. The third-order valence-corrected chi connectivity index (χ3v) is 4.94. The first-order valence-corrected chi connectivity index (χ1v) is 11.0. The van der Waals surface area contributed by atoms with Gasteiger partial charge in [0.05, 0.1) is 11.8 Å². The highest BCUT2D eigenvalue weighted by Crippen LogP contribution is 2.57. The molecule has 0 aromatic heterocycles. The highest BCUT2D eigenvalue weighted by molar-refractivity contribution is 7.86. The Kier molecular flexibility index (Phi) is 6.38. The fraction of sp³-hybridized carbons (Fsp3) is 0.182. The molecule has 0 bridgehead atoms. The second kappa shape index (κ2) is 8.62. The maximum absolute atomic E-state index is 15.0. The molecule has 0 aliphatic carbocycles. The minimum Gasteiger partial charge on any atom is -0.457 e. The quantitative estimate of drug-likeness (QED) is 0.273. The van der Waals surface area contributed by atoms with Gasteiger partial charge in [0.2, 0.25) is 0 Å². The Labute approximate surface area is 185 Å². The summed E-state index contributed by atoms with van der Waals surface area (Å²) in [4.78, 5) is 0. The van der Waals surface area contributed by atoms with Crippen LogP contribution in [0.5, 0.6) is 17.2 Å². The minimum atomic E-state index is -5.89. The van der Waals surface area contributed by atoms with Gasteiger partial charge in [0, 0.05) is 5.56 Å². The standard InChI is InChI=1S/C22H16F6O4S/c1-33(29,30)32-17-13-11-15(12-14-17)20(23,24)22(27,28)21(25,26)18-9-5-6-10-19(18)31-16-7-3-2-4-8-16/h2-14H,1H3. The molecule has 0 unspecified atom stereocenters. The van der Waals surface area contributed by atoms with E-state index in [1.807, 2.05) is 0 Å². The van der Waals surface area contributed by atoms with Gasteiger partial charge in [-0.3, -0.25) is 0 Å². The van der Waals surface area contributed by atoms with Crippen molar-refractivity contribution in [1.29, 1.82) is 0 Å². The lowest BCUT2D eigenvalue weighted by Crippen LogP contribution is -2.50. The van der Waals surface area contributed by atoms with Crippen LogP contribution in [0.2, 0.25) is 0 Å². The van der Waals surface area contributed by atoms with Crippen molar-refractivity contribution in [3.05, 3.63) is 90.0 Å². The Morgan fingerprint density at radius 3 is 1.79 bits per heavy atom. The smallest absolute Gasteiger partial charge is 0.380 e. The fourth-order valence-corrected chi connectivity index (χ4v) is 3.33. The van der Waals surface area contributed by atoms with Gasteiger partial charge in [-0.2, -0.15) is 34.8 Å². The van der Waals surface area contributed by atoms with Crippen LogP contribution in [-0.4, -0.2) is 20.6 Å². The van der Waals surface area contributed by atoms with Crippen molar-refractivity contribution < 1.29 is 43.7 Å². The highest BCUT2D eigenvalue weighted by Gasteiger charge is 2.73. The van der Waals surface area contributed by atoms with E-state index in [4.69, 9.17) is 4.74 Å². The van der Waals surface area contributed by atoms with Crippen LogP contribution in [-0.2, 0) is 22.0 Å². The molecule has 0 aliphatic heterocycles. The molecule has 0 amide bonds. The zero-order valence-electron chi connectivity index (χ0n) is 16.8. The van der Waals surface area contributed by atoms with Crippen LogP contribution in [0.25, 0.3) is 0 Å². The van der Waals surface area contributed by atoms with E-state index in [1.165, 1.54) is 30.3 Å². The van der Waals surface area contributed by atoms with Crippen LogP contribution in [0.15, 0.2) is 78.9 Å². The van der Waals surface area contributed by atoms with Crippen LogP contribution in [0, 0.1) is 0 Å². The van der Waals surface area contributed by atoms with Gasteiger partial charge in [0.15, 0.2) is 0 Å². The van der Waals surface area contributed by atoms with Gasteiger partial charge in [-0.25, -0.2) is 0 Å². The van der Waals surface area contributed by atoms with Gasteiger partial charge in [0.1, 0.15) is 17.2 Å². The summed E-state index contributed by atoms with van der Waals surface area (Å²) in [7, 11) is -4.01. The van der Waals surface area contributed by atoms with E-state index >= 15 is 0 Å². The van der Waals surface area contributed by atoms with Crippen LogP contribution in [0.1, 0.15) is 11.1 Å². The molecule has 11 heteroatoms. The molecule has 0 N–H and O–H groups in total. The Balaban J connectivity index is 1.98. The summed E-state index contributed by atoms with van der Waals surface area (Å²) in [5, 5.41) is 0. The first-order valence-electron chi connectivity index (χ1n) is 9.21. The van der Waals surface area contributed by atoms with Gasteiger partial charge in [-0.15, -0.1) is 0 Å². The van der Waals surface area contributed by atoms with E-state index < -0.39 is 50.5 Å². The molecule has 33 heavy (non-hydrogen) atoms. The highest BCUT2D eigenvalue weighted by atomic mass is 32.2. The van der Waals surface area contributed by atoms with Gasteiger partial charge >= 0.3 is 27.9 Å². The third-order valence-electron chi connectivity index (χ3n) is 4.45. The lowest BCUT2D eigenvalue weighted by molar-refractivity contribution is -0.321. The monoisotopic (exact) mass is 490 g/mol. The number of hydrogen-bond acceptors (Lipinski definition) is 4. The molecule has 176 valence electrons. The predicted molar refractivity (Wildman–Crippen MR) is 108 cm³/mol. The summed E-state index contributed by atoms with van der Waals surface area (Å²) in [5.41, 5.74) is -2.90. The molecule has 4 nitrogen and oxygen atoms in total. The number of ether oxygens (including phenoxy) is 1. The normalized spacial score (nSPS) is 12.9. The van der Waals surface area contributed by atoms with Crippen molar-refractivity contribution >= 4 is 10.1 Å². The Hall–Kier alpha value is -3.21. The van der Waals surface area contributed by atoms with Crippen molar-refractivity contribution in [3.63, 3.8) is 0 Å². The summed E-state index contributed by atoms with van der Waals surface area (Å²) in [6.45, 7) is 0. The molecule has 0 spiro atoms. The van der Waals surface area contributed by atoms with Crippen LogP contribution in [0.3, 0.4) is 0 Å². The topological polar surface area (TPSA) is 52.6 Å². The third kappa shape index (κ3) is 4.92. The fourth-order valence-electron chi connectivity index (χ4n) is 2.87. The van der Waals surface area contributed by atoms with E-state index in [2.05, 4.69) is 4.18 Å².